The second kappa shape index (κ2) is 6.68. The molecular weight excluding hydrogens is 320 g/mol. The van der Waals surface area contributed by atoms with E-state index in [0.717, 1.165) is 28.8 Å². The fourth-order valence-electron chi connectivity index (χ4n) is 2.81. The van der Waals surface area contributed by atoms with E-state index in [1.807, 2.05) is 32.0 Å². The van der Waals surface area contributed by atoms with Gasteiger partial charge in [-0.15, -0.1) is 0 Å². The molecule has 7 nitrogen and oxygen atoms in total. The highest BCUT2D eigenvalue weighted by Gasteiger charge is 2.15. The van der Waals surface area contributed by atoms with E-state index in [1.165, 1.54) is 0 Å². The van der Waals surface area contributed by atoms with E-state index in [-0.39, 0.29) is 12.2 Å². The molecule has 0 saturated carbocycles. The molecule has 1 aromatic carbocycles. The lowest BCUT2D eigenvalue weighted by molar-refractivity contribution is 0.0423. The van der Waals surface area contributed by atoms with Crippen LogP contribution in [0.4, 0.5) is 0 Å². The van der Waals surface area contributed by atoms with Crippen LogP contribution in [-0.4, -0.2) is 45.6 Å². The average Bonchev–Trinajstić information content (AvgIpc) is 3.01. The van der Waals surface area contributed by atoms with Gasteiger partial charge >= 0.3 is 0 Å². The topological polar surface area (TPSA) is 82.2 Å². The van der Waals surface area contributed by atoms with Crippen LogP contribution < -0.4 is 9.47 Å². The van der Waals surface area contributed by atoms with Crippen LogP contribution in [0.3, 0.4) is 0 Å². The Morgan fingerprint density at radius 3 is 2.96 bits per heavy atom. The van der Waals surface area contributed by atoms with Gasteiger partial charge in [0, 0.05) is 11.8 Å². The largest absolute Gasteiger partial charge is 0.491 e. The van der Waals surface area contributed by atoms with Crippen molar-refractivity contribution < 1.29 is 14.2 Å². The van der Waals surface area contributed by atoms with Gasteiger partial charge in [0.1, 0.15) is 23.2 Å². The van der Waals surface area contributed by atoms with Crippen LogP contribution >= 0.6 is 0 Å². The molecule has 2 atom stereocenters. The maximum absolute atomic E-state index is 6.01. The Bertz CT molecular complexity index is 880. The van der Waals surface area contributed by atoms with Crippen LogP contribution in [0.2, 0.25) is 0 Å². The van der Waals surface area contributed by atoms with Gasteiger partial charge in [0.15, 0.2) is 0 Å². The molecule has 4 bridgehead atoms. The molecule has 1 aliphatic heterocycles. The lowest BCUT2D eigenvalue weighted by Gasteiger charge is -2.16. The molecule has 1 N–H and O–H groups in total. The Balaban J connectivity index is 1.79. The molecule has 2 aromatic heterocycles. The third-order valence-electron chi connectivity index (χ3n) is 4.07. The number of hydrogen-bond acceptors (Lipinski definition) is 6. The number of benzene rings is 1. The van der Waals surface area contributed by atoms with Crippen LogP contribution in [0.1, 0.15) is 20.3 Å². The van der Waals surface area contributed by atoms with E-state index in [1.54, 1.807) is 12.4 Å². The van der Waals surface area contributed by atoms with Crippen molar-refractivity contribution in [1.29, 1.82) is 0 Å². The highest BCUT2D eigenvalue weighted by molar-refractivity contribution is 5.92. The van der Waals surface area contributed by atoms with Crippen molar-refractivity contribution in [3.8, 4) is 23.0 Å². The van der Waals surface area contributed by atoms with Crippen molar-refractivity contribution in [3.05, 3.63) is 30.6 Å². The van der Waals surface area contributed by atoms with Crippen LogP contribution in [0, 0.1) is 0 Å². The van der Waals surface area contributed by atoms with E-state index in [9.17, 15) is 0 Å². The lowest BCUT2D eigenvalue weighted by atomic mass is 10.1. The molecule has 0 amide bonds. The Labute approximate surface area is 145 Å². The quantitative estimate of drug-likeness (QED) is 0.677. The maximum atomic E-state index is 6.01. The first kappa shape index (κ1) is 15.8. The highest BCUT2D eigenvalue weighted by atomic mass is 16.5. The van der Waals surface area contributed by atoms with Crippen LogP contribution in [-0.2, 0) is 4.74 Å². The number of aromatic nitrogens is 4. The van der Waals surface area contributed by atoms with Crippen molar-refractivity contribution in [2.75, 3.05) is 13.2 Å². The molecule has 7 heteroatoms. The summed E-state index contributed by atoms with van der Waals surface area (Å²) in [6.07, 6.45) is 4.01. The standard InChI is InChI=1S/C18H20N4O3/c1-11-5-6-23-10-12(2)25-17-9-19-8-16(20-17)18-14-7-13(24-11)3-4-15(14)21-22-18/h3-4,7-9,11-12H,5-6,10H2,1-2H3,(H,21,22)/t11-,12-/m0/s1. The monoisotopic (exact) mass is 340 g/mol. The fraction of sp³-hybridized carbons (Fsp3) is 0.389. The Morgan fingerprint density at radius 2 is 2.04 bits per heavy atom. The van der Waals surface area contributed by atoms with Gasteiger partial charge in [-0.05, 0) is 32.0 Å². The first-order chi connectivity index (χ1) is 12.2. The average molecular weight is 340 g/mol. The summed E-state index contributed by atoms with van der Waals surface area (Å²) >= 11 is 0. The third kappa shape index (κ3) is 3.41. The minimum Gasteiger partial charge on any atom is -0.491 e. The van der Waals surface area contributed by atoms with E-state index >= 15 is 0 Å². The Morgan fingerprint density at radius 1 is 1.12 bits per heavy atom. The van der Waals surface area contributed by atoms with Gasteiger partial charge in [0.2, 0.25) is 5.88 Å². The second-order valence-corrected chi connectivity index (χ2v) is 6.24. The highest BCUT2D eigenvalue weighted by Crippen LogP contribution is 2.29. The zero-order chi connectivity index (χ0) is 17.2. The van der Waals surface area contributed by atoms with Crippen LogP contribution in [0.5, 0.6) is 11.6 Å². The van der Waals surface area contributed by atoms with Gasteiger partial charge in [-0.25, -0.2) is 4.98 Å². The predicted molar refractivity (Wildman–Crippen MR) is 92.7 cm³/mol. The van der Waals surface area contributed by atoms with E-state index in [4.69, 9.17) is 14.2 Å². The number of H-pyrrole nitrogens is 1. The number of hydrogen-bond donors (Lipinski definition) is 1. The number of rotatable bonds is 0. The smallest absolute Gasteiger partial charge is 0.233 e. The summed E-state index contributed by atoms with van der Waals surface area (Å²) in [7, 11) is 0. The lowest BCUT2D eigenvalue weighted by Crippen LogP contribution is -2.22. The van der Waals surface area contributed by atoms with Crippen molar-refractivity contribution >= 4 is 10.9 Å². The SMILES string of the molecule is C[C@H]1CCOC[C@H](C)Oc2cncc(n2)-c2n[nH]c3ccc(cc23)O1. The Kier molecular flexibility index (Phi) is 4.23. The molecule has 1 aliphatic rings. The van der Waals surface area contributed by atoms with Gasteiger partial charge in [0.05, 0.1) is 37.2 Å². The maximum Gasteiger partial charge on any atom is 0.233 e. The summed E-state index contributed by atoms with van der Waals surface area (Å²) in [4.78, 5) is 8.77. The molecule has 0 radical (unpaired) electrons. The predicted octanol–water partition coefficient (Wildman–Crippen LogP) is 2.97. The molecule has 130 valence electrons. The molecule has 25 heavy (non-hydrogen) atoms. The normalized spacial score (nSPS) is 21.2. The van der Waals surface area contributed by atoms with Crippen molar-refractivity contribution in [2.45, 2.75) is 32.5 Å². The van der Waals surface area contributed by atoms with Gasteiger partial charge in [0.25, 0.3) is 0 Å². The van der Waals surface area contributed by atoms with E-state index in [0.29, 0.717) is 24.8 Å². The molecule has 0 unspecified atom stereocenters. The van der Waals surface area contributed by atoms with Gasteiger partial charge in [-0.1, -0.05) is 0 Å². The Hall–Kier alpha value is -2.67. The molecular formula is C18H20N4O3. The van der Waals surface area contributed by atoms with Crippen LogP contribution in [0.25, 0.3) is 22.3 Å². The molecule has 3 heterocycles. The van der Waals surface area contributed by atoms with E-state index < -0.39 is 0 Å². The first-order valence-corrected chi connectivity index (χ1v) is 8.40. The zero-order valence-corrected chi connectivity index (χ0v) is 14.2. The number of ether oxygens (including phenoxy) is 3. The molecule has 0 aliphatic carbocycles. The summed E-state index contributed by atoms with van der Waals surface area (Å²) in [5, 5.41) is 8.37. The number of fused-ring (bicyclic) bond motifs is 4. The minimum absolute atomic E-state index is 0.0509. The van der Waals surface area contributed by atoms with Crippen molar-refractivity contribution in [2.24, 2.45) is 0 Å². The number of nitrogens with zero attached hydrogens (tertiary/aromatic N) is 3. The molecule has 0 spiro atoms. The van der Waals surface area contributed by atoms with Crippen molar-refractivity contribution in [3.63, 3.8) is 0 Å². The first-order valence-electron chi connectivity index (χ1n) is 8.40. The molecule has 0 saturated heterocycles. The zero-order valence-electron chi connectivity index (χ0n) is 14.2. The van der Waals surface area contributed by atoms with Crippen LogP contribution in [0.15, 0.2) is 30.6 Å². The van der Waals surface area contributed by atoms with Gasteiger partial charge < -0.3 is 14.2 Å². The second-order valence-electron chi connectivity index (χ2n) is 6.24. The number of nitrogens with one attached hydrogen (secondary N) is 1. The molecule has 4 rings (SSSR count). The summed E-state index contributed by atoms with van der Waals surface area (Å²) in [5.74, 6) is 1.26. The third-order valence-corrected chi connectivity index (χ3v) is 4.07. The fourth-order valence-corrected chi connectivity index (χ4v) is 2.81. The summed E-state index contributed by atoms with van der Waals surface area (Å²) in [6, 6.07) is 5.87. The van der Waals surface area contributed by atoms with Gasteiger partial charge in [-0.2, -0.15) is 5.10 Å². The van der Waals surface area contributed by atoms with E-state index in [2.05, 4.69) is 20.2 Å². The molecule has 0 fully saturated rings. The minimum atomic E-state index is -0.119. The number of aromatic amines is 1. The summed E-state index contributed by atoms with van der Waals surface area (Å²) in [6.45, 7) is 5.08. The summed E-state index contributed by atoms with van der Waals surface area (Å²) in [5.41, 5.74) is 2.30. The van der Waals surface area contributed by atoms with Crippen molar-refractivity contribution in [1.82, 2.24) is 20.2 Å². The van der Waals surface area contributed by atoms with Gasteiger partial charge in [-0.3, -0.25) is 10.1 Å². The summed E-state index contributed by atoms with van der Waals surface area (Å²) < 4.78 is 17.5. The molecule has 3 aromatic rings.